The first-order valence-electron chi connectivity index (χ1n) is 9.53. The number of nitro groups is 1. The van der Waals surface area contributed by atoms with Crippen molar-refractivity contribution in [3.63, 3.8) is 0 Å². The third-order valence-electron chi connectivity index (χ3n) is 4.69. The summed E-state index contributed by atoms with van der Waals surface area (Å²) < 4.78 is 32.8. The molecule has 1 amide bonds. The van der Waals surface area contributed by atoms with E-state index in [2.05, 4.69) is 10.0 Å². The van der Waals surface area contributed by atoms with E-state index >= 15 is 0 Å². The molecule has 0 aliphatic heterocycles. The van der Waals surface area contributed by atoms with Gasteiger partial charge in [0.15, 0.2) is 0 Å². The predicted molar refractivity (Wildman–Crippen MR) is 118 cm³/mol. The molecule has 1 heterocycles. The minimum absolute atomic E-state index is 0.144. The first-order chi connectivity index (χ1) is 15.2. The van der Waals surface area contributed by atoms with E-state index in [1.54, 1.807) is 12.3 Å². The van der Waals surface area contributed by atoms with Crippen LogP contribution in [-0.4, -0.2) is 44.8 Å². The van der Waals surface area contributed by atoms with Crippen molar-refractivity contribution in [3.8, 4) is 0 Å². The summed E-state index contributed by atoms with van der Waals surface area (Å²) >= 11 is 0. The van der Waals surface area contributed by atoms with Gasteiger partial charge in [-0.2, -0.15) is 0 Å². The van der Waals surface area contributed by atoms with Crippen LogP contribution in [0.25, 0.3) is 0 Å². The fourth-order valence-electron chi connectivity index (χ4n) is 2.98. The summed E-state index contributed by atoms with van der Waals surface area (Å²) in [5.74, 6) is 0.401. The van der Waals surface area contributed by atoms with Crippen molar-refractivity contribution in [2.45, 2.75) is 10.9 Å². The Hall–Kier alpha value is -3.70. The zero-order chi connectivity index (χ0) is 23.3. The summed E-state index contributed by atoms with van der Waals surface area (Å²) in [4.78, 5) is 24.4. The van der Waals surface area contributed by atoms with Gasteiger partial charge in [-0.05, 0) is 56.6 Å². The maximum atomic E-state index is 12.5. The van der Waals surface area contributed by atoms with E-state index in [1.165, 1.54) is 42.5 Å². The van der Waals surface area contributed by atoms with E-state index in [9.17, 15) is 23.3 Å². The molecule has 168 valence electrons. The minimum Gasteiger partial charge on any atom is -0.468 e. The van der Waals surface area contributed by atoms with Crippen LogP contribution < -0.4 is 10.0 Å². The predicted octanol–water partition coefficient (Wildman–Crippen LogP) is 3.02. The molecule has 0 saturated heterocycles. The first-order valence-corrected chi connectivity index (χ1v) is 11.0. The highest BCUT2D eigenvalue weighted by atomic mass is 32.2. The summed E-state index contributed by atoms with van der Waals surface area (Å²) in [6.07, 6.45) is 1.57. The lowest BCUT2D eigenvalue weighted by atomic mass is 10.1. The molecule has 2 aromatic carbocycles. The second-order valence-electron chi connectivity index (χ2n) is 7.14. The van der Waals surface area contributed by atoms with E-state index in [1.807, 2.05) is 25.1 Å². The fourth-order valence-corrected chi connectivity index (χ4v) is 4.08. The number of hydrogen-bond donors (Lipinski definition) is 2. The van der Waals surface area contributed by atoms with Gasteiger partial charge < -0.3 is 9.73 Å². The zero-order valence-corrected chi connectivity index (χ0v) is 18.2. The number of nitrogens with one attached hydrogen (secondary N) is 2. The fraction of sp³-hybridized carbons (Fsp3) is 0.190. The Morgan fingerprint density at radius 3 is 2.44 bits per heavy atom. The Labute approximate surface area is 185 Å². The molecule has 2 N–H and O–H groups in total. The maximum Gasteiger partial charge on any atom is 0.270 e. The number of nitro benzene ring substituents is 1. The second-order valence-corrected chi connectivity index (χ2v) is 8.82. The summed E-state index contributed by atoms with van der Waals surface area (Å²) in [7, 11) is -0.276. The highest BCUT2D eigenvalue weighted by Gasteiger charge is 2.20. The molecule has 1 aromatic heterocycles. The largest absolute Gasteiger partial charge is 0.468 e. The average Bonchev–Trinajstić information content (AvgIpc) is 3.28. The smallest absolute Gasteiger partial charge is 0.270 e. The molecular weight excluding hydrogens is 436 g/mol. The van der Waals surface area contributed by atoms with Crippen LogP contribution in [-0.2, 0) is 10.0 Å². The number of benzene rings is 2. The molecule has 11 heteroatoms. The van der Waals surface area contributed by atoms with E-state index in [0.29, 0.717) is 12.1 Å². The molecule has 0 aliphatic rings. The van der Waals surface area contributed by atoms with Gasteiger partial charge >= 0.3 is 0 Å². The average molecular weight is 458 g/mol. The Bertz CT molecular complexity index is 1190. The molecule has 0 saturated carbocycles. The molecule has 0 unspecified atom stereocenters. The first kappa shape index (κ1) is 23.0. The van der Waals surface area contributed by atoms with Crippen LogP contribution in [0.2, 0.25) is 0 Å². The second kappa shape index (κ2) is 9.62. The molecular formula is C21H22N4O6S. The SMILES string of the molecule is CN(C)[C@@H](CNC(=O)c1ccc(NS(=O)(=O)c2cccc([N+](=O)[O-])c2)cc1)c1ccco1. The number of carbonyl (C=O) groups excluding carboxylic acids is 1. The van der Waals surface area contributed by atoms with Gasteiger partial charge in [0.2, 0.25) is 0 Å². The van der Waals surface area contributed by atoms with Gasteiger partial charge in [0, 0.05) is 29.9 Å². The van der Waals surface area contributed by atoms with E-state index in [0.717, 1.165) is 11.8 Å². The number of rotatable bonds is 9. The van der Waals surface area contributed by atoms with E-state index in [-0.39, 0.29) is 28.2 Å². The number of likely N-dealkylation sites (N-methyl/N-ethyl adjacent to an activating group) is 1. The number of nitrogens with zero attached hydrogens (tertiary/aromatic N) is 2. The summed E-state index contributed by atoms with van der Waals surface area (Å²) in [6.45, 7) is 0.320. The number of sulfonamides is 1. The van der Waals surface area contributed by atoms with Gasteiger partial charge in [-0.1, -0.05) is 6.07 Å². The zero-order valence-electron chi connectivity index (χ0n) is 17.4. The van der Waals surface area contributed by atoms with Crippen LogP contribution in [0.3, 0.4) is 0 Å². The molecule has 0 spiro atoms. The molecule has 3 aromatic rings. The highest BCUT2D eigenvalue weighted by Crippen LogP contribution is 2.21. The molecule has 1 atom stereocenters. The van der Waals surface area contributed by atoms with Gasteiger partial charge in [0.25, 0.3) is 21.6 Å². The molecule has 10 nitrogen and oxygen atoms in total. The standard InChI is InChI=1S/C21H22N4O6S/c1-24(2)19(20-7-4-12-31-20)14-22-21(26)15-8-10-16(11-9-15)23-32(29,30)18-6-3-5-17(13-18)25(27)28/h3-13,19,23H,14H2,1-2H3,(H,22,26)/t19-/m0/s1. The van der Waals surface area contributed by atoms with Crippen LogP contribution in [0.1, 0.15) is 22.2 Å². The quantitative estimate of drug-likeness (QED) is 0.372. The van der Waals surface area contributed by atoms with Crippen molar-refractivity contribution in [2.75, 3.05) is 25.4 Å². The summed E-state index contributed by atoms with van der Waals surface area (Å²) in [6, 6.07) is 14.1. The van der Waals surface area contributed by atoms with Gasteiger partial charge in [-0.25, -0.2) is 8.42 Å². The molecule has 0 radical (unpaired) electrons. The Balaban J connectivity index is 1.66. The Morgan fingerprint density at radius 1 is 1.12 bits per heavy atom. The number of carbonyl (C=O) groups is 1. The maximum absolute atomic E-state index is 12.5. The number of hydrogen-bond acceptors (Lipinski definition) is 7. The summed E-state index contributed by atoms with van der Waals surface area (Å²) in [5.41, 5.74) is 0.237. The van der Waals surface area contributed by atoms with Crippen molar-refractivity contribution in [2.24, 2.45) is 0 Å². The molecule has 32 heavy (non-hydrogen) atoms. The lowest BCUT2D eigenvalue weighted by Crippen LogP contribution is -2.34. The molecule has 3 rings (SSSR count). The highest BCUT2D eigenvalue weighted by molar-refractivity contribution is 7.92. The number of furan rings is 1. The topological polar surface area (TPSA) is 135 Å². The monoisotopic (exact) mass is 458 g/mol. The van der Waals surface area contributed by atoms with Crippen LogP contribution in [0.4, 0.5) is 11.4 Å². The number of anilines is 1. The lowest BCUT2D eigenvalue weighted by Gasteiger charge is -2.22. The van der Waals surface area contributed by atoms with Crippen LogP contribution >= 0.6 is 0 Å². The van der Waals surface area contributed by atoms with Crippen LogP contribution in [0, 0.1) is 10.1 Å². The van der Waals surface area contributed by atoms with Crippen molar-refractivity contribution in [3.05, 3.63) is 88.4 Å². The van der Waals surface area contributed by atoms with E-state index < -0.39 is 14.9 Å². The number of amides is 1. The van der Waals surface area contributed by atoms with Gasteiger partial charge in [0.05, 0.1) is 22.1 Å². The Morgan fingerprint density at radius 2 is 1.84 bits per heavy atom. The van der Waals surface area contributed by atoms with Crippen molar-refractivity contribution in [1.29, 1.82) is 0 Å². The summed E-state index contributed by atoms with van der Waals surface area (Å²) in [5, 5.41) is 13.7. The van der Waals surface area contributed by atoms with Gasteiger partial charge in [-0.15, -0.1) is 0 Å². The molecule has 0 fully saturated rings. The van der Waals surface area contributed by atoms with Crippen molar-refractivity contribution in [1.82, 2.24) is 10.2 Å². The van der Waals surface area contributed by atoms with Crippen molar-refractivity contribution >= 4 is 27.3 Å². The molecule has 0 bridgehead atoms. The third kappa shape index (κ3) is 5.50. The van der Waals surface area contributed by atoms with Crippen LogP contribution in [0.15, 0.2) is 76.2 Å². The van der Waals surface area contributed by atoms with Crippen molar-refractivity contribution < 1.29 is 22.6 Å². The third-order valence-corrected chi connectivity index (χ3v) is 6.07. The van der Waals surface area contributed by atoms with Gasteiger partial charge in [-0.3, -0.25) is 24.5 Å². The van der Waals surface area contributed by atoms with E-state index in [4.69, 9.17) is 4.42 Å². The minimum atomic E-state index is -4.03. The lowest BCUT2D eigenvalue weighted by molar-refractivity contribution is -0.385. The van der Waals surface area contributed by atoms with Gasteiger partial charge in [0.1, 0.15) is 5.76 Å². The molecule has 0 aliphatic carbocycles. The van der Waals surface area contributed by atoms with Crippen LogP contribution in [0.5, 0.6) is 0 Å². The Kier molecular flexibility index (Phi) is 6.91. The number of non-ortho nitro benzene ring substituents is 1. The normalized spacial score (nSPS) is 12.3.